The molecule has 17 heavy (non-hydrogen) atoms. The Kier molecular flexibility index (Phi) is 5.37. The third-order valence-corrected chi connectivity index (χ3v) is 4.98. The summed E-state index contributed by atoms with van der Waals surface area (Å²) in [5.74, 6) is 0. The molecule has 0 spiro atoms. The van der Waals surface area contributed by atoms with Crippen LogP contribution in [0.15, 0.2) is 0 Å². The number of hydrogen-bond acceptors (Lipinski definition) is 5. The Morgan fingerprint density at radius 3 is 1.76 bits per heavy atom. The Morgan fingerprint density at radius 2 is 1.59 bits per heavy atom. The van der Waals surface area contributed by atoms with Crippen molar-refractivity contribution in [2.24, 2.45) is 0 Å². The van der Waals surface area contributed by atoms with Crippen molar-refractivity contribution in [3.63, 3.8) is 0 Å². The molecule has 0 radical (unpaired) electrons. The van der Waals surface area contributed by atoms with E-state index in [1.807, 2.05) is 0 Å². The molecule has 0 bridgehead atoms. The summed E-state index contributed by atoms with van der Waals surface area (Å²) in [5, 5.41) is 6.15. The second-order valence-electron chi connectivity index (χ2n) is 3.42. The van der Waals surface area contributed by atoms with Crippen LogP contribution in [0.5, 0.6) is 0 Å². The molecule has 9 nitrogen and oxygen atoms in total. The van der Waals surface area contributed by atoms with E-state index in [1.54, 1.807) is 0 Å². The molecule has 0 saturated heterocycles. The minimum absolute atomic E-state index is 0.204. The first-order valence-corrected chi connectivity index (χ1v) is 7.47. The average molecular weight is 290 g/mol. The van der Waals surface area contributed by atoms with Crippen LogP contribution in [0, 0.1) is 0 Å². The summed E-state index contributed by atoms with van der Waals surface area (Å²) in [7, 11) is -10.1. The molecular formula is C6H12O9P2. The van der Waals surface area contributed by atoms with Gasteiger partial charge in [-0.05, 0) is 6.42 Å². The Hall–Kier alpha value is -0.400. The molecule has 0 aliphatic carbocycles. The van der Waals surface area contributed by atoms with Gasteiger partial charge in [0.2, 0.25) is 0 Å². The predicted molar refractivity (Wildman–Crippen MR) is 54.4 cm³/mol. The minimum Gasteiger partial charge on any atom is -0.395 e. The lowest BCUT2D eigenvalue weighted by molar-refractivity contribution is -0.112. The van der Waals surface area contributed by atoms with Crippen LogP contribution in [-0.4, -0.2) is 54.7 Å². The van der Waals surface area contributed by atoms with Gasteiger partial charge in [-0.3, -0.25) is 9.13 Å². The van der Waals surface area contributed by atoms with E-state index in [4.69, 9.17) is 24.7 Å². The van der Waals surface area contributed by atoms with Gasteiger partial charge in [-0.15, -0.1) is 0 Å². The van der Waals surface area contributed by atoms with E-state index < -0.39 is 39.0 Å². The fourth-order valence-electron chi connectivity index (χ4n) is 1.04. The van der Waals surface area contributed by atoms with Gasteiger partial charge in [0.1, 0.15) is 18.2 Å². The summed E-state index contributed by atoms with van der Waals surface area (Å²) in [6.45, 7) is -1.33. The van der Waals surface area contributed by atoms with E-state index in [-0.39, 0.29) is 12.6 Å². The van der Waals surface area contributed by atoms with Crippen LogP contribution in [0.3, 0.4) is 0 Å². The number of aliphatic hydroxyl groups is 1. The number of aldehydes is 2. The van der Waals surface area contributed by atoms with E-state index in [9.17, 15) is 18.7 Å². The first kappa shape index (κ1) is 16.6. The molecule has 0 aliphatic rings. The lowest BCUT2D eigenvalue weighted by atomic mass is 10.1. The summed E-state index contributed by atoms with van der Waals surface area (Å²) in [5.41, 5.74) is -2.06. The van der Waals surface area contributed by atoms with Crippen LogP contribution >= 0.6 is 15.2 Å². The fraction of sp³-hybridized carbons (Fsp3) is 0.667. The third kappa shape index (κ3) is 3.79. The average Bonchev–Trinajstić information content (AvgIpc) is 2.16. The number of carbonyl (C=O) groups is 2. The lowest BCUT2D eigenvalue weighted by Crippen LogP contribution is -2.39. The SMILES string of the molecule is O=CC(CC(C=O)(CO)P(=O)(O)O)P(=O)(O)O. The Bertz CT molecular complexity index is 381. The molecule has 5 N–H and O–H groups in total. The smallest absolute Gasteiger partial charge is 0.341 e. The molecule has 2 atom stereocenters. The van der Waals surface area contributed by atoms with E-state index in [0.29, 0.717) is 0 Å². The van der Waals surface area contributed by atoms with Crippen molar-refractivity contribution in [1.29, 1.82) is 0 Å². The first-order valence-electron chi connectivity index (χ1n) is 4.17. The maximum absolute atomic E-state index is 11.0. The second kappa shape index (κ2) is 5.49. The molecule has 0 saturated carbocycles. The van der Waals surface area contributed by atoms with E-state index >= 15 is 0 Å². The molecule has 11 heteroatoms. The normalized spacial score (nSPS) is 18.2. The zero-order valence-corrected chi connectivity index (χ0v) is 10.2. The van der Waals surface area contributed by atoms with Gasteiger partial charge in [0.15, 0.2) is 5.16 Å². The Labute approximate surface area is 95.8 Å². The summed E-state index contributed by atoms with van der Waals surface area (Å²) in [4.78, 5) is 56.3. The summed E-state index contributed by atoms with van der Waals surface area (Å²) < 4.78 is 21.8. The van der Waals surface area contributed by atoms with Crippen molar-refractivity contribution in [3.05, 3.63) is 0 Å². The van der Waals surface area contributed by atoms with Crippen LogP contribution < -0.4 is 0 Å². The van der Waals surface area contributed by atoms with Gasteiger partial charge in [-0.25, -0.2) is 0 Å². The second-order valence-corrected chi connectivity index (χ2v) is 7.24. The monoisotopic (exact) mass is 290 g/mol. The van der Waals surface area contributed by atoms with Crippen LogP contribution in [-0.2, 0) is 18.7 Å². The zero-order chi connectivity index (χ0) is 13.9. The Morgan fingerprint density at radius 1 is 1.12 bits per heavy atom. The zero-order valence-electron chi connectivity index (χ0n) is 8.41. The van der Waals surface area contributed by atoms with Crippen molar-refractivity contribution < 1.29 is 43.4 Å². The molecule has 0 amide bonds. The van der Waals surface area contributed by atoms with Gasteiger partial charge in [0.05, 0.1) is 6.61 Å². The van der Waals surface area contributed by atoms with E-state index in [2.05, 4.69) is 0 Å². The molecule has 2 unspecified atom stereocenters. The van der Waals surface area contributed by atoms with Gasteiger partial charge >= 0.3 is 15.2 Å². The topological polar surface area (TPSA) is 169 Å². The first-order chi connectivity index (χ1) is 7.54. The van der Waals surface area contributed by atoms with Gasteiger partial charge in [-0.2, -0.15) is 0 Å². The summed E-state index contributed by atoms with van der Waals surface area (Å²) in [6.07, 6.45) is -1.63. The van der Waals surface area contributed by atoms with Crippen LogP contribution in [0.25, 0.3) is 0 Å². The highest BCUT2D eigenvalue weighted by atomic mass is 31.2. The largest absolute Gasteiger partial charge is 0.395 e. The number of aliphatic hydroxyl groups excluding tert-OH is 1. The van der Waals surface area contributed by atoms with Gasteiger partial charge in [0, 0.05) is 0 Å². The van der Waals surface area contributed by atoms with Crippen molar-refractivity contribution in [2.45, 2.75) is 17.2 Å². The van der Waals surface area contributed by atoms with Crippen molar-refractivity contribution in [1.82, 2.24) is 0 Å². The molecule has 0 aliphatic heterocycles. The third-order valence-electron chi connectivity index (χ3n) is 2.23. The van der Waals surface area contributed by atoms with Crippen LogP contribution in [0.2, 0.25) is 0 Å². The Balaban J connectivity index is 5.42. The van der Waals surface area contributed by atoms with Crippen molar-refractivity contribution >= 4 is 27.8 Å². The fourth-order valence-corrected chi connectivity index (χ4v) is 2.66. The van der Waals surface area contributed by atoms with Crippen molar-refractivity contribution in [3.8, 4) is 0 Å². The standard InChI is InChI=1S/C6H12O9P2/c7-2-5(16(10,11)12)1-6(3-8,4-9)17(13,14)15/h2-3,5,9H,1,4H2,(H2,10,11,12)(H2,13,14,15). The van der Waals surface area contributed by atoms with Gasteiger partial charge in [0.25, 0.3) is 0 Å². The summed E-state index contributed by atoms with van der Waals surface area (Å²) >= 11 is 0. The lowest BCUT2D eigenvalue weighted by Gasteiger charge is -2.28. The van der Waals surface area contributed by atoms with E-state index in [0.717, 1.165) is 0 Å². The van der Waals surface area contributed by atoms with Gasteiger partial charge < -0.3 is 34.3 Å². The minimum atomic E-state index is -5.16. The quantitative estimate of drug-likeness (QED) is 0.269. The predicted octanol–water partition coefficient (Wildman–Crippen LogP) is -1.77. The number of rotatable bonds is 7. The molecule has 0 heterocycles. The molecule has 0 aromatic heterocycles. The molecule has 0 aromatic rings. The number of hydrogen-bond donors (Lipinski definition) is 5. The highest BCUT2D eigenvalue weighted by Crippen LogP contribution is 2.55. The molecule has 100 valence electrons. The highest BCUT2D eigenvalue weighted by Gasteiger charge is 2.50. The summed E-state index contributed by atoms with van der Waals surface area (Å²) in [6, 6.07) is 0. The maximum Gasteiger partial charge on any atom is 0.341 e. The number of carbonyl (C=O) groups excluding carboxylic acids is 2. The molecule has 0 fully saturated rings. The van der Waals surface area contributed by atoms with Gasteiger partial charge in [-0.1, -0.05) is 0 Å². The van der Waals surface area contributed by atoms with Crippen LogP contribution in [0.4, 0.5) is 0 Å². The van der Waals surface area contributed by atoms with Crippen molar-refractivity contribution in [2.75, 3.05) is 6.61 Å². The molecule has 0 aromatic carbocycles. The van der Waals surface area contributed by atoms with Crippen LogP contribution in [0.1, 0.15) is 6.42 Å². The molecule has 0 rings (SSSR count). The molecular weight excluding hydrogens is 278 g/mol. The maximum atomic E-state index is 11.0. The van der Waals surface area contributed by atoms with E-state index in [1.165, 1.54) is 0 Å². The highest BCUT2D eigenvalue weighted by molar-refractivity contribution is 7.55.